The van der Waals surface area contributed by atoms with Crippen molar-refractivity contribution in [3.05, 3.63) is 29.6 Å². The van der Waals surface area contributed by atoms with E-state index in [0.717, 1.165) is 11.3 Å². The van der Waals surface area contributed by atoms with E-state index in [9.17, 15) is 4.79 Å². The fourth-order valence-corrected chi connectivity index (χ4v) is 1.18. The highest BCUT2D eigenvalue weighted by Crippen LogP contribution is 2.03. The van der Waals surface area contributed by atoms with Crippen LogP contribution in [0.4, 0.5) is 0 Å². The van der Waals surface area contributed by atoms with Crippen LogP contribution in [-0.4, -0.2) is 28.6 Å². The van der Waals surface area contributed by atoms with Gasteiger partial charge in [0.1, 0.15) is 0 Å². The molecule has 0 spiro atoms. The van der Waals surface area contributed by atoms with Crippen LogP contribution in [0.15, 0.2) is 18.3 Å². The predicted octanol–water partition coefficient (Wildman–Crippen LogP) is 0.430. The molecule has 0 aliphatic carbocycles. The molecular weight excluding hydrogens is 192 g/mol. The largest absolute Gasteiger partial charge is 0.392 e. The molecule has 0 bridgehead atoms. The van der Waals surface area contributed by atoms with Gasteiger partial charge in [0, 0.05) is 12.7 Å². The maximum Gasteiger partial charge on any atom is 0.226 e. The van der Waals surface area contributed by atoms with Crippen LogP contribution in [0.2, 0.25) is 0 Å². The van der Waals surface area contributed by atoms with Gasteiger partial charge in [-0.2, -0.15) is 0 Å². The maximum absolute atomic E-state index is 11.4. The van der Waals surface area contributed by atoms with Crippen LogP contribution in [0, 0.1) is 6.92 Å². The second-order valence-electron chi connectivity index (χ2n) is 3.60. The van der Waals surface area contributed by atoms with Gasteiger partial charge >= 0.3 is 0 Å². The topological polar surface area (TPSA) is 62.2 Å². The van der Waals surface area contributed by atoms with E-state index in [-0.39, 0.29) is 18.9 Å². The summed E-state index contributed by atoms with van der Waals surface area (Å²) in [4.78, 5) is 15.5. The zero-order valence-electron chi connectivity index (χ0n) is 9.03. The lowest BCUT2D eigenvalue weighted by atomic mass is 10.1. The maximum atomic E-state index is 11.4. The van der Waals surface area contributed by atoms with E-state index in [2.05, 4.69) is 10.3 Å². The fraction of sp³-hybridized carbons (Fsp3) is 0.455. The number of rotatable bonds is 4. The number of hydrogen-bond acceptors (Lipinski definition) is 3. The van der Waals surface area contributed by atoms with Crippen LogP contribution in [0.3, 0.4) is 0 Å². The lowest BCUT2D eigenvalue weighted by molar-refractivity contribution is -0.120. The van der Waals surface area contributed by atoms with Gasteiger partial charge in [-0.3, -0.25) is 9.78 Å². The van der Waals surface area contributed by atoms with Crippen molar-refractivity contribution >= 4 is 5.91 Å². The van der Waals surface area contributed by atoms with E-state index >= 15 is 0 Å². The van der Waals surface area contributed by atoms with Crippen molar-refractivity contribution in [3.8, 4) is 0 Å². The highest BCUT2D eigenvalue weighted by Gasteiger charge is 2.06. The Bertz CT molecular complexity index is 337. The summed E-state index contributed by atoms with van der Waals surface area (Å²) in [6, 6.07) is 3.76. The van der Waals surface area contributed by atoms with E-state index in [1.165, 1.54) is 0 Å². The third kappa shape index (κ3) is 4.08. The number of pyridine rings is 1. The molecule has 4 nitrogen and oxygen atoms in total. The van der Waals surface area contributed by atoms with Gasteiger partial charge in [0.15, 0.2) is 0 Å². The third-order valence-electron chi connectivity index (χ3n) is 2.04. The molecule has 15 heavy (non-hydrogen) atoms. The molecule has 1 aromatic heterocycles. The minimum Gasteiger partial charge on any atom is -0.392 e. The Morgan fingerprint density at radius 1 is 1.67 bits per heavy atom. The van der Waals surface area contributed by atoms with Gasteiger partial charge in [-0.05, 0) is 25.5 Å². The van der Waals surface area contributed by atoms with E-state index in [1.54, 1.807) is 13.1 Å². The summed E-state index contributed by atoms with van der Waals surface area (Å²) in [5, 5.41) is 11.6. The number of aryl methyl sites for hydroxylation is 1. The first-order chi connectivity index (χ1) is 7.09. The molecule has 1 heterocycles. The minimum absolute atomic E-state index is 0.113. The molecule has 2 N–H and O–H groups in total. The van der Waals surface area contributed by atoms with E-state index < -0.39 is 6.10 Å². The fourth-order valence-electron chi connectivity index (χ4n) is 1.18. The van der Waals surface area contributed by atoms with Crippen molar-refractivity contribution in [1.29, 1.82) is 0 Å². The van der Waals surface area contributed by atoms with Crippen LogP contribution >= 0.6 is 0 Å². The molecule has 0 unspecified atom stereocenters. The van der Waals surface area contributed by atoms with Gasteiger partial charge in [0.2, 0.25) is 5.91 Å². The first kappa shape index (κ1) is 11.7. The molecule has 0 aliphatic rings. The van der Waals surface area contributed by atoms with Crippen LogP contribution in [-0.2, 0) is 11.2 Å². The van der Waals surface area contributed by atoms with E-state index in [0.29, 0.717) is 0 Å². The highest BCUT2D eigenvalue weighted by atomic mass is 16.3. The Hall–Kier alpha value is -1.42. The molecule has 1 aromatic rings. The number of carbonyl (C=O) groups excluding carboxylic acids is 1. The van der Waals surface area contributed by atoms with E-state index in [1.807, 2.05) is 19.1 Å². The summed E-state index contributed by atoms with van der Waals surface area (Å²) in [6.07, 6.45) is 1.42. The monoisotopic (exact) mass is 208 g/mol. The number of carbonyl (C=O) groups is 1. The van der Waals surface area contributed by atoms with Crippen molar-refractivity contribution < 1.29 is 9.90 Å². The number of aliphatic hydroxyl groups is 1. The zero-order chi connectivity index (χ0) is 11.3. The minimum atomic E-state index is -0.515. The molecule has 0 saturated heterocycles. The van der Waals surface area contributed by atoms with Crippen molar-refractivity contribution in [3.63, 3.8) is 0 Å². The molecule has 1 rings (SSSR count). The molecule has 82 valence electrons. The Morgan fingerprint density at radius 3 is 3.00 bits per heavy atom. The molecule has 0 fully saturated rings. The number of amides is 1. The number of nitrogens with one attached hydrogen (secondary N) is 1. The van der Waals surface area contributed by atoms with Gasteiger partial charge < -0.3 is 10.4 Å². The second-order valence-corrected chi connectivity index (χ2v) is 3.60. The average molecular weight is 208 g/mol. The standard InChI is InChI=1S/C11H16N2O2/c1-8-4-3-5-12-10(8)6-11(15)13-7-9(2)14/h3-5,9,14H,6-7H2,1-2H3,(H,13,15)/t9-/m1/s1. The summed E-state index contributed by atoms with van der Waals surface area (Å²) in [5.41, 5.74) is 1.78. The quantitative estimate of drug-likeness (QED) is 0.754. The molecule has 0 aromatic carbocycles. The number of aliphatic hydroxyl groups excluding tert-OH is 1. The predicted molar refractivity (Wildman–Crippen MR) is 57.4 cm³/mol. The van der Waals surface area contributed by atoms with Crippen LogP contribution in [0.5, 0.6) is 0 Å². The molecule has 0 saturated carbocycles. The van der Waals surface area contributed by atoms with Crippen molar-refractivity contribution in [2.45, 2.75) is 26.4 Å². The third-order valence-corrected chi connectivity index (χ3v) is 2.04. The smallest absolute Gasteiger partial charge is 0.226 e. The van der Waals surface area contributed by atoms with Gasteiger partial charge in [0.25, 0.3) is 0 Å². The number of aromatic nitrogens is 1. The van der Waals surface area contributed by atoms with Gasteiger partial charge in [-0.1, -0.05) is 6.07 Å². The molecule has 0 aliphatic heterocycles. The summed E-state index contributed by atoms with van der Waals surface area (Å²) < 4.78 is 0. The van der Waals surface area contributed by atoms with Crippen LogP contribution < -0.4 is 5.32 Å². The molecule has 1 atom stereocenters. The summed E-state index contributed by atoms with van der Waals surface area (Å²) in [6.45, 7) is 3.83. The number of hydrogen-bond donors (Lipinski definition) is 2. The Kier molecular flexibility index (Phi) is 4.24. The number of nitrogens with zero attached hydrogens (tertiary/aromatic N) is 1. The normalized spacial score (nSPS) is 12.2. The Balaban J connectivity index is 2.48. The van der Waals surface area contributed by atoms with Crippen LogP contribution in [0.1, 0.15) is 18.2 Å². The molecule has 1 amide bonds. The first-order valence-electron chi connectivity index (χ1n) is 4.95. The summed E-state index contributed by atoms with van der Waals surface area (Å²) >= 11 is 0. The SMILES string of the molecule is Cc1cccnc1CC(=O)NC[C@@H](C)O. The van der Waals surface area contributed by atoms with E-state index in [4.69, 9.17) is 5.11 Å². The second kappa shape index (κ2) is 5.46. The Labute approximate surface area is 89.3 Å². The molecule has 0 radical (unpaired) electrons. The highest BCUT2D eigenvalue weighted by molar-refractivity contribution is 5.78. The van der Waals surface area contributed by atoms with Gasteiger partial charge in [-0.15, -0.1) is 0 Å². The Morgan fingerprint density at radius 2 is 2.40 bits per heavy atom. The lowest BCUT2D eigenvalue weighted by Crippen LogP contribution is -2.32. The zero-order valence-corrected chi connectivity index (χ0v) is 9.03. The lowest BCUT2D eigenvalue weighted by Gasteiger charge is -2.07. The van der Waals surface area contributed by atoms with Gasteiger partial charge in [-0.25, -0.2) is 0 Å². The van der Waals surface area contributed by atoms with Gasteiger partial charge in [0.05, 0.1) is 18.2 Å². The van der Waals surface area contributed by atoms with Crippen molar-refractivity contribution in [2.24, 2.45) is 0 Å². The summed E-state index contributed by atoms with van der Waals surface area (Å²) in [5.74, 6) is -0.113. The molecule has 4 heteroatoms. The van der Waals surface area contributed by atoms with Crippen molar-refractivity contribution in [2.75, 3.05) is 6.54 Å². The molecular formula is C11H16N2O2. The van der Waals surface area contributed by atoms with Crippen molar-refractivity contribution in [1.82, 2.24) is 10.3 Å². The first-order valence-corrected chi connectivity index (χ1v) is 4.95. The average Bonchev–Trinajstić information content (AvgIpc) is 2.18. The summed E-state index contributed by atoms with van der Waals surface area (Å²) in [7, 11) is 0. The van der Waals surface area contributed by atoms with Crippen LogP contribution in [0.25, 0.3) is 0 Å².